The molecule has 0 spiro atoms. The number of esters is 1. The minimum Gasteiger partial charge on any atom is -0.471 e. The number of aromatic nitrogens is 2. The van der Waals surface area contributed by atoms with Crippen LogP contribution >= 0.6 is 0 Å². The van der Waals surface area contributed by atoms with Crippen LogP contribution in [-0.4, -0.2) is 52.5 Å². The van der Waals surface area contributed by atoms with Crippen LogP contribution in [0.15, 0.2) is 18.6 Å². The standard InChI is InChI=1S/C13H17N3O4/c1-2-19-13(18)12(17)16-7-3-4-10(9-16)20-11-8-14-5-6-15-11/h5-6,8,10H,2-4,7,9H2,1H3. The van der Waals surface area contributed by atoms with Crippen LogP contribution in [0.4, 0.5) is 0 Å². The van der Waals surface area contributed by atoms with E-state index < -0.39 is 11.9 Å². The van der Waals surface area contributed by atoms with Gasteiger partial charge in [0.1, 0.15) is 6.10 Å². The van der Waals surface area contributed by atoms with Gasteiger partial charge in [-0.15, -0.1) is 0 Å². The molecule has 20 heavy (non-hydrogen) atoms. The van der Waals surface area contributed by atoms with E-state index in [1.165, 1.54) is 11.1 Å². The lowest BCUT2D eigenvalue weighted by Crippen LogP contribution is -2.47. The summed E-state index contributed by atoms with van der Waals surface area (Å²) in [5.41, 5.74) is 0. The van der Waals surface area contributed by atoms with E-state index in [4.69, 9.17) is 9.47 Å². The number of nitrogens with zero attached hydrogens (tertiary/aromatic N) is 3. The number of amides is 1. The first-order chi connectivity index (χ1) is 9.70. The van der Waals surface area contributed by atoms with Crippen molar-refractivity contribution < 1.29 is 19.1 Å². The first kappa shape index (κ1) is 14.2. The number of hydrogen-bond donors (Lipinski definition) is 0. The molecule has 1 aromatic heterocycles. The largest absolute Gasteiger partial charge is 0.471 e. The highest BCUT2D eigenvalue weighted by molar-refractivity contribution is 6.32. The van der Waals surface area contributed by atoms with Crippen LogP contribution in [0.3, 0.4) is 0 Å². The lowest BCUT2D eigenvalue weighted by molar-refractivity contribution is -0.161. The second-order valence-electron chi connectivity index (χ2n) is 4.40. The summed E-state index contributed by atoms with van der Waals surface area (Å²) in [4.78, 5) is 32.7. The number of carbonyl (C=O) groups is 2. The van der Waals surface area contributed by atoms with Gasteiger partial charge in [-0.3, -0.25) is 9.78 Å². The van der Waals surface area contributed by atoms with Crippen LogP contribution in [-0.2, 0) is 14.3 Å². The SMILES string of the molecule is CCOC(=O)C(=O)N1CCCC(Oc2cnccn2)C1. The van der Waals surface area contributed by atoms with Gasteiger partial charge < -0.3 is 14.4 Å². The summed E-state index contributed by atoms with van der Waals surface area (Å²) in [7, 11) is 0. The van der Waals surface area contributed by atoms with Crippen molar-refractivity contribution >= 4 is 11.9 Å². The van der Waals surface area contributed by atoms with Crippen molar-refractivity contribution in [1.29, 1.82) is 0 Å². The third-order valence-corrected chi connectivity index (χ3v) is 2.94. The minimum absolute atomic E-state index is 0.182. The van der Waals surface area contributed by atoms with Gasteiger partial charge in [-0.05, 0) is 19.8 Å². The molecule has 7 heteroatoms. The molecule has 7 nitrogen and oxygen atoms in total. The van der Waals surface area contributed by atoms with Crippen LogP contribution in [0.2, 0.25) is 0 Å². The third kappa shape index (κ3) is 3.66. The van der Waals surface area contributed by atoms with Crippen LogP contribution < -0.4 is 4.74 Å². The topological polar surface area (TPSA) is 81.6 Å². The van der Waals surface area contributed by atoms with Crippen molar-refractivity contribution in [3.8, 4) is 5.88 Å². The molecule has 1 aliphatic heterocycles. The average molecular weight is 279 g/mol. The Hall–Kier alpha value is -2.18. The fourth-order valence-electron chi connectivity index (χ4n) is 2.06. The summed E-state index contributed by atoms with van der Waals surface area (Å²) in [5, 5.41) is 0. The van der Waals surface area contributed by atoms with Crippen molar-refractivity contribution in [1.82, 2.24) is 14.9 Å². The van der Waals surface area contributed by atoms with Crippen LogP contribution in [0.5, 0.6) is 5.88 Å². The Morgan fingerprint density at radius 2 is 2.30 bits per heavy atom. The van der Waals surface area contributed by atoms with Crippen molar-refractivity contribution in [3.05, 3.63) is 18.6 Å². The zero-order chi connectivity index (χ0) is 14.4. The van der Waals surface area contributed by atoms with Crippen LogP contribution in [0.25, 0.3) is 0 Å². The van der Waals surface area contributed by atoms with Gasteiger partial charge in [-0.1, -0.05) is 0 Å². The number of carbonyl (C=O) groups excluding carboxylic acids is 2. The Balaban J connectivity index is 1.91. The summed E-state index contributed by atoms with van der Waals surface area (Å²) in [6.07, 6.45) is 6.02. The number of ether oxygens (including phenoxy) is 2. The van der Waals surface area contributed by atoms with E-state index >= 15 is 0 Å². The van der Waals surface area contributed by atoms with Gasteiger partial charge in [0.2, 0.25) is 5.88 Å². The van der Waals surface area contributed by atoms with Gasteiger partial charge in [0, 0.05) is 18.9 Å². The zero-order valence-corrected chi connectivity index (χ0v) is 11.3. The monoisotopic (exact) mass is 279 g/mol. The molecule has 0 bridgehead atoms. The first-order valence-electron chi connectivity index (χ1n) is 6.59. The molecule has 1 aromatic rings. The zero-order valence-electron chi connectivity index (χ0n) is 11.3. The maximum atomic E-state index is 11.9. The van der Waals surface area contributed by atoms with Crippen LogP contribution in [0, 0.1) is 0 Å². The minimum atomic E-state index is -0.812. The molecule has 1 atom stereocenters. The molecule has 2 rings (SSSR count). The van der Waals surface area contributed by atoms with Gasteiger partial charge in [-0.2, -0.15) is 0 Å². The molecule has 1 saturated heterocycles. The Kier molecular flexibility index (Phi) is 4.86. The molecular formula is C13H17N3O4. The fraction of sp³-hybridized carbons (Fsp3) is 0.538. The van der Waals surface area contributed by atoms with Crippen molar-refractivity contribution in [2.24, 2.45) is 0 Å². The Labute approximate surface area is 116 Å². The molecule has 1 aliphatic rings. The fourth-order valence-corrected chi connectivity index (χ4v) is 2.06. The lowest BCUT2D eigenvalue weighted by Gasteiger charge is -2.31. The molecule has 1 unspecified atom stereocenters. The highest BCUT2D eigenvalue weighted by Crippen LogP contribution is 2.16. The van der Waals surface area contributed by atoms with Gasteiger partial charge in [-0.25, -0.2) is 9.78 Å². The molecule has 1 fully saturated rings. The normalized spacial score (nSPS) is 18.4. The quantitative estimate of drug-likeness (QED) is 0.589. The van der Waals surface area contributed by atoms with E-state index in [-0.39, 0.29) is 12.7 Å². The Morgan fingerprint density at radius 1 is 1.45 bits per heavy atom. The highest BCUT2D eigenvalue weighted by atomic mass is 16.5. The second kappa shape index (κ2) is 6.83. The second-order valence-corrected chi connectivity index (χ2v) is 4.40. The van der Waals surface area contributed by atoms with Gasteiger partial charge in [0.25, 0.3) is 0 Å². The Morgan fingerprint density at radius 3 is 3.00 bits per heavy atom. The lowest BCUT2D eigenvalue weighted by atomic mass is 10.1. The van der Waals surface area contributed by atoms with Crippen molar-refractivity contribution in [2.75, 3.05) is 19.7 Å². The van der Waals surface area contributed by atoms with E-state index in [0.29, 0.717) is 19.0 Å². The molecule has 0 saturated carbocycles. The predicted octanol–water partition coefficient (Wildman–Crippen LogP) is 0.409. The number of hydrogen-bond acceptors (Lipinski definition) is 6. The molecule has 108 valence electrons. The van der Waals surface area contributed by atoms with Gasteiger partial charge in [0.05, 0.1) is 19.3 Å². The molecular weight excluding hydrogens is 262 g/mol. The van der Waals surface area contributed by atoms with Crippen molar-refractivity contribution in [3.63, 3.8) is 0 Å². The molecule has 0 aliphatic carbocycles. The van der Waals surface area contributed by atoms with Crippen molar-refractivity contribution in [2.45, 2.75) is 25.9 Å². The van der Waals surface area contributed by atoms with E-state index in [0.717, 1.165) is 12.8 Å². The maximum Gasteiger partial charge on any atom is 0.397 e. The summed E-state index contributed by atoms with van der Waals surface area (Å²) in [5.74, 6) is -1.00. The van der Waals surface area contributed by atoms with Crippen LogP contribution in [0.1, 0.15) is 19.8 Å². The number of likely N-dealkylation sites (tertiary alicyclic amines) is 1. The highest BCUT2D eigenvalue weighted by Gasteiger charge is 2.29. The number of piperidine rings is 1. The van der Waals surface area contributed by atoms with E-state index in [1.54, 1.807) is 19.3 Å². The molecule has 0 aromatic carbocycles. The molecule has 2 heterocycles. The average Bonchev–Trinajstić information content (AvgIpc) is 2.48. The summed E-state index contributed by atoms with van der Waals surface area (Å²) < 4.78 is 10.4. The van der Waals surface area contributed by atoms with Gasteiger partial charge >= 0.3 is 11.9 Å². The summed E-state index contributed by atoms with van der Waals surface area (Å²) >= 11 is 0. The van der Waals surface area contributed by atoms with E-state index in [2.05, 4.69) is 9.97 Å². The smallest absolute Gasteiger partial charge is 0.397 e. The van der Waals surface area contributed by atoms with Gasteiger partial charge in [0.15, 0.2) is 0 Å². The van der Waals surface area contributed by atoms with E-state index in [9.17, 15) is 9.59 Å². The Bertz CT molecular complexity index is 466. The summed E-state index contributed by atoms with van der Waals surface area (Å²) in [6, 6.07) is 0. The maximum absolute atomic E-state index is 11.9. The third-order valence-electron chi connectivity index (χ3n) is 2.94. The molecule has 1 amide bonds. The number of rotatable bonds is 3. The molecule has 0 N–H and O–H groups in total. The first-order valence-corrected chi connectivity index (χ1v) is 6.59. The summed E-state index contributed by atoms with van der Waals surface area (Å²) in [6.45, 7) is 2.76. The predicted molar refractivity (Wildman–Crippen MR) is 68.9 cm³/mol. The molecule has 0 radical (unpaired) electrons. The van der Waals surface area contributed by atoms with E-state index in [1.807, 2.05) is 0 Å².